The number of nitrogens with zero attached hydrogens (tertiary/aromatic N) is 6. The maximum atomic E-state index is 16.6. The largest absolute Gasteiger partial charge is 0.395 e. The van der Waals surface area contributed by atoms with Crippen LogP contribution in [0.1, 0.15) is 54.5 Å². The Morgan fingerprint density at radius 1 is 0.915 bits per heavy atom. The summed E-state index contributed by atoms with van der Waals surface area (Å²) in [7, 11) is -3.39. The molecule has 5 aromatic rings. The predicted molar refractivity (Wildman–Crippen MR) is 228 cm³/mol. The Balaban J connectivity index is 0.977. The lowest BCUT2D eigenvalue weighted by atomic mass is 9.82. The van der Waals surface area contributed by atoms with Crippen LogP contribution in [0.2, 0.25) is 18.6 Å². The Morgan fingerprint density at radius 3 is 2.34 bits per heavy atom. The molecule has 11 nitrogen and oxygen atoms in total. The van der Waals surface area contributed by atoms with E-state index in [1.54, 1.807) is 22.7 Å². The zero-order valence-corrected chi connectivity index (χ0v) is 34.9. The highest BCUT2D eigenvalue weighted by atomic mass is 28.4. The number of hydrogen-bond donors (Lipinski definition) is 2. The molecule has 1 aromatic heterocycles. The van der Waals surface area contributed by atoms with Crippen molar-refractivity contribution < 1.29 is 23.5 Å². The van der Waals surface area contributed by atoms with E-state index in [0.717, 1.165) is 59.7 Å². The molecule has 0 aliphatic carbocycles. The number of nitrogens with one attached hydrogen (secondary N) is 1. The number of ether oxygens (including phenoxy) is 1. The molecule has 5 atom stereocenters. The van der Waals surface area contributed by atoms with Crippen molar-refractivity contribution in [3.63, 3.8) is 0 Å². The molecule has 0 bridgehead atoms. The summed E-state index contributed by atoms with van der Waals surface area (Å²) in [5.41, 5.74) is 3.37. The molecular formula is C46H52FN7O4Si. The van der Waals surface area contributed by atoms with Crippen LogP contribution in [0.25, 0.3) is 0 Å². The normalized spacial score (nSPS) is 24.4. The summed E-state index contributed by atoms with van der Waals surface area (Å²) in [5, 5.41) is 22.4. The van der Waals surface area contributed by atoms with Gasteiger partial charge in [0.1, 0.15) is 5.54 Å². The first kappa shape index (κ1) is 39.3. The SMILES string of the molecule is C[C@H]1[C@H]([Si](C)(C)F)[C@@H](CCn2cc(C(CO)c3ccccc3)nn2)O[C@]12C(=O)N(Cc1cccc(N3CN(c4ccccc4)C4(CCNCC4)C3=O)c1)c1ccccc12. The summed E-state index contributed by atoms with van der Waals surface area (Å²) < 4.78 is 25.3. The van der Waals surface area contributed by atoms with Crippen molar-refractivity contribution in [3.05, 3.63) is 138 Å². The van der Waals surface area contributed by atoms with Crippen LogP contribution in [0.5, 0.6) is 0 Å². The van der Waals surface area contributed by atoms with E-state index in [2.05, 4.69) is 32.7 Å². The molecule has 3 fully saturated rings. The number of aromatic nitrogens is 3. The summed E-state index contributed by atoms with van der Waals surface area (Å²) in [6, 6.07) is 35.6. The number of aliphatic hydroxyl groups is 1. The number of anilines is 3. The van der Waals surface area contributed by atoms with Crippen molar-refractivity contribution >= 4 is 37.3 Å². The molecule has 4 aliphatic heterocycles. The Labute approximate surface area is 346 Å². The van der Waals surface area contributed by atoms with Crippen molar-refractivity contribution in [1.82, 2.24) is 20.3 Å². The standard InChI is InChI=1S/C46H52FN7O4Si/c1-32-42(59(2,3)47)41(21-26-51-29-39(49-50-51)37(30-55)34-14-6-4-7-15-34)58-46(32)38-19-10-11-20-40(38)52(44(46)57)28-33-13-12-18-36(27-33)53-31-54(35-16-8-5-9-17-35)45(43(53)56)22-24-48-25-23-45/h4-20,27,29,32,37,41-42,48,55H,21-26,28,30-31H2,1-3H3/t32-,37?,41+,42-,46+/m0/s1. The lowest BCUT2D eigenvalue weighted by molar-refractivity contribution is -0.146. The molecule has 13 heteroatoms. The molecule has 4 aromatic carbocycles. The van der Waals surface area contributed by atoms with E-state index in [9.17, 15) is 9.90 Å². The van der Waals surface area contributed by atoms with Gasteiger partial charge >= 0.3 is 0 Å². The highest BCUT2D eigenvalue weighted by Crippen LogP contribution is 2.60. The first-order chi connectivity index (χ1) is 28.5. The number of carbonyl (C=O) groups is 2. The van der Waals surface area contributed by atoms with E-state index >= 15 is 8.90 Å². The molecule has 306 valence electrons. The minimum absolute atomic E-state index is 0.0938. The molecule has 0 radical (unpaired) electrons. The van der Waals surface area contributed by atoms with Gasteiger partial charge in [-0.2, -0.15) is 0 Å². The van der Waals surface area contributed by atoms with Gasteiger partial charge in [0.05, 0.1) is 43.2 Å². The van der Waals surface area contributed by atoms with Crippen molar-refractivity contribution in [2.24, 2.45) is 5.92 Å². The number of rotatable bonds is 11. The lowest BCUT2D eigenvalue weighted by Crippen LogP contribution is -2.55. The van der Waals surface area contributed by atoms with Crippen LogP contribution in [-0.2, 0) is 33.0 Å². The highest BCUT2D eigenvalue weighted by Gasteiger charge is 2.66. The number of amides is 2. The molecule has 5 heterocycles. The minimum Gasteiger partial charge on any atom is -0.395 e. The third kappa shape index (κ3) is 6.68. The van der Waals surface area contributed by atoms with Crippen LogP contribution in [0.4, 0.5) is 21.2 Å². The maximum Gasteiger partial charge on any atom is 0.264 e. The van der Waals surface area contributed by atoms with E-state index in [-0.39, 0.29) is 30.9 Å². The molecule has 2 N–H and O–H groups in total. The van der Waals surface area contributed by atoms with Gasteiger partial charge in [-0.1, -0.05) is 91.0 Å². The molecule has 1 unspecified atom stereocenters. The predicted octanol–water partition coefficient (Wildman–Crippen LogP) is 6.75. The van der Waals surface area contributed by atoms with Gasteiger partial charge in [-0.3, -0.25) is 19.2 Å². The van der Waals surface area contributed by atoms with Crippen LogP contribution >= 0.6 is 0 Å². The molecule has 3 saturated heterocycles. The van der Waals surface area contributed by atoms with E-state index in [1.165, 1.54) is 0 Å². The quantitative estimate of drug-likeness (QED) is 0.111. The zero-order chi connectivity index (χ0) is 40.9. The molecule has 2 amide bonds. The summed E-state index contributed by atoms with van der Waals surface area (Å²) in [6.07, 6.45) is 3.17. The fourth-order valence-electron chi connectivity index (χ4n) is 10.5. The van der Waals surface area contributed by atoms with Gasteiger partial charge in [0.15, 0.2) is 5.60 Å². The second-order valence-electron chi connectivity index (χ2n) is 17.1. The van der Waals surface area contributed by atoms with Crippen molar-refractivity contribution in [2.75, 3.05) is 41.1 Å². The van der Waals surface area contributed by atoms with Gasteiger partial charge in [0.25, 0.3) is 11.8 Å². The number of aliphatic hydroxyl groups excluding tert-OH is 1. The molecule has 0 saturated carbocycles. The Bertz CT molecular complexity index is 2320. The summed E-state index contributed by atoms with van der Waals surface area (Å²) in [5.74, 6) is -0.845. The minimum atomic E-state index is -3.39. The van der Waals surface area contributed by atoms with Crippen LogP contribution in [-0.4, -0.2) is 78.3 Å². The van der Waals surface area contributed by atoms with Crippen LogP contribution in [0.3, 0.4) is 0 Å². The second kappa shape index (κ2) is 15.4. The summed E-state index contributed by atoms with van der Waals surface area (Å²) >= 11 is 0. The fourth-order valence-corrected chi connectivity index (χ4v) is 13.0. The first-order valence-corrected chi connectivity index (χ1v) is 23.8. The van der Waals surface area contributed by atoms with E-state index in [4.69, 9.17) is 4.74 Å². The first-order valence-electron chi connectivity index (χ1n) is 20.8. The van der Waals surface area contributed by atoms with Gasteiger partial charge in [-0.05, 0) is 86.9 Å². The maximum absolute atomic E-state index is 16.6. The average Bonchev–Trinajstić information content (AvgIpc) is 3.98. The number of para-hydroxylation sites is 2. The third-order valence-corrected chi connectivity index (χ3v) is 15.8. The van der Waals surface area contributed by atoms with E-state index in [0.29, 0.717) is 25.3 Å². The smallest absolute Gasteiger partial charge is 0.264 e. The number of fused-ring (bicyclic) bond motifs is 2. The van der Waals surface area contributed by atoms with Gasteiger partial charge in [-0.15, -0.1) is 5.10 Å². The average molecular weight is 814 g/mol. The van der Waals surface area contributed by atoms with Crippen LogP contribution in [0, 0.1) is 5.92 Å². The number of carbonyl (C=O) groups excluding carboxylic acids is 2. The Kier molecular flexibility index (Phi) is 10.3. The molecule has 4 aliphatic rings. The third-order valence-electron chi connectivity index (χ3n) is 13.3. The number of benzene rings is 4. The van der Waals surface area contributed by atoms with Gasteiger partial charge < -0.3 is 29.1 Å². The fraction of sp³-hybridized carbons (Fsp3) is 0.391. The monoisotopic (exact) mass is 813 g/mol. The molecular weight excluding hydrogens is 762 g/mol. The number of piperidine rings is 1. The Morgan fingerprint density at radius 2 is 1.61 bits per heavy atom. The number of aryl methyl sites for hydroxylation is 1. The summed E-state index contributed by atoms with van der Waals surface area (Å²) in [6.45, 7) is 7.95. The Hall–Kier alpha value is -5.21. The number of hydrogen-bond acceptors (Lipinski definition) is 8. The zero-order valence-electron chi connectivity index (χ0n) is 33.9. The highest BCUT2D eigenvalue weighted by molar-refractivity contribution is 6.72. The van der Waals surface area contributed by atoms with Gasteiger partial charge in [0.2, 0.25) is 8.41 Å². The topological polar surface area (TPSA) is 116 Å². The van der Waals surface area contributed by atoms with Crippen molar-refractivity contribution in [1.29, 1.82) is 0 Å². The van der Waals surface area contributed by atoms with Crippen LogP contribution in [0.15, 0.2) is 115 Å². The van der Waals surface area contributed by atoms with Gasteiger partial charge in [-0.25, -0.2) is 0 Å². The van der Waals surface area contributed by atoms with Crippen molar-refractivity contribution in [3.8, 4) is 0 Å². The van der Waals surface area contributed by atoms with Crippen LogP contribution < -0.4 is 20.0 Å². The van der Waals surface area contributed by atoms with Crippen molar-refractivity contribution in [2.45, 2.75) is 81.1 Å². The second-order valence-corrected chi connectivity index (χ2v) is 20.9. The molecule has 9 rings (SSSR count). The lowest BCUT2D eigenvalue weighted by Gasteiger charge is -2.39. The molecule has 59 heavy (non-hydrogen) atoms. The van der Waals surface area contributed by atoms with E-state index in [1.807, 2.05) is 115 Å². The summed E-state index contributed by atoms with van der Waals surface area (Å²) in [4.78, 5) is 35.5. The number of halogens is 1. The van der Waals surface area contributed by atoms with Gasteiger partial charge in [0, 0.05) is 41.1 Å². The molecule has 2 spiro atoms. The van der Waals surface area contributed by atoms with E-state index < -0.39 is 37.1 Å².